The third-order valence-electron chi connectivity index (χ3n) is 6.07. The quantitative estimate of drug-likeness (QED) is 0.348. The summed E-state index contributed by atoms with van der Waals surface area (Å²) in [5, 5.41) is 4.44. The van der Waals surface area contributed by atoms with E-state index in [0.717, 1.165) is 35.7 Å². The number of nitrogens with one attached hydrogen (secondary N) is 1. The second-order valence-corrected chi connectivity index (χ2v) is 9.88. The number of unbranched alkanes of at least 4 members (excludes halogenated alkanes) is 1. The number of hydrogen-bond donors (Lipinski definition) is 1. The molecule has 0 saturated carbocycles. The number of anilines is 1. The van der Waals surface area contributed by atoms with Gasteiger partial charge >= 0.3 is 0 Å². The van der Waals surface area contributed by atoms with Crippen molar-refractivity contribution in [2.75, 3.05) is 11.5 Å². The molecule has 2 unspecified atom stereocenters. The Balaban J connectivity index is 1.52. The molecule has 4 rings (SSSR count). The van der Waals surface area contributed by atoms with Crippen molar-refractivity contribution in [3.05, 3.63) is 65.4 Å². The summed E-state index contributed by atoms with van der Waals surface area (Å²) >= 11 is 1.73. The van der Waals surface area contributed by atoms with E-state index in [4.69, 9.17) is 4.98 Å². The molecule has 0 saturated heterocycles. The molecule has 1 N–H and O–H groups in total. The SMILES string of the molecule is CCC1=CC=C(c2ccc3nc(NC4=NC=CC(CCCCP)C4)sc3c2C)C=CC1. The molecule has 3 nitrogen and oxygen atoms in total. The third-order valence-corrected chi connectivity index (χ3v) is 7.59. The average molecular weight is 450 g/mol. The van der Waals surface area contributed by atoms with Gasteiger partial charge in [0, 0.05) is 12.6 Å². The molecule has 2 atom stereocenters. The average Bonchev–Trinajstić information content (AvgIpc) is 3.04. The van der Waals surface area contributed by atoms with Gasteiger partial charge in [0.25, 0.3) is 0 Å². The minimum absolute atomic E-state index is 0.578. The van der Waals surface area contributed by atoms with Gasteiger partial charge in [-0.15, -0.1) is 9.24 Å². The van der Waals surface area contributed by atoms with Crippen LogP contribution in [0, 0.1) is 12.8 Å². The number of aromatic nitrogens is 1. The van der Waals surface area contributed by atoms with Crippen molar-refractivity contribution >= 4 is 47.3 Å². The molecular weight excluding hydrogens is 417 g/mol. The molecule has 1 aromatic carbocycles. The number of thiazole rings is 1. The van der Waals surface area contributed by atoms with Gasteiger partial charge in [-0.1, -0.05) is 66.7 Å². The van der Waals surface area contributed by atoms with Crippen molar-refractivity contribution in [1.82, 2.24) is 4.98 Å². The van der Waals surface area contributed by atoms with Gasteiger partial charge in [0.05, 0.1) is 10.2 Å². The van der Waals surface area contributed by atoms with Gasteiger partial charge in [-0.3, -0.25) is 0 Å². The highest BCUT2D eigenvalue weighted by molar-refractivity contribution is 7.22. The fourth-order valence-corrected chi connectivity index (χ4v) is 5.46. The van der Waals surface area contributed by atoms with Gasteiger partial charge in [-0.25, -0.2) is 9.98 Å². The molecule has 1 aliphatic carbocycles. The smallest absolute Gasteiger partial charge is 0.189 e. The topological polar surface area (TPSA) is 37.3 Å². The van der Waals surface area contributed by atoms with E-state index in [1.807, 2.05) is 6.20 Å². The summed E-state index contributed by atoms with van der Waals surface area (Å²) in [6, 6.07) is 4.36. The van der Waals surface area contributed by atoms with E-state index in [2.05, 4.69) is 75.9 Å². The van der Waals surface area contributed by atoms with Crippen LogP contribution in [0.1, 0.15) is 56.6 Å². The van der Waals surface area contributed by atoms with Gasteiger partial charge in [0.2, 0.25) is 0 Å². The minimum atomic E-state index is 0.578. The summed E-state index contributed by atoms with van der Waals surface area (Å²) in [4.78, 5) is 9.42. The zero-order valence-corrected chi connectivity index (χ0v) is 20.5. The number of aliphatic imine (C=N–C) groups is 1. The number of amidine groups is 1. The molecule has 1 aromatic heterocycles. The number of rotatable bonds is 7. The molecule has 0 amide bonds. The zero-order valence-electron chi connectivity index (χ0n) is 18.5. The number of allylic oxidation sites excluding steroid dienone is 7. The normalized spacial score (nSPS) is 18.5. The molecule has 1 aliphatic heterocycles. The first kappa shape index (κ1) is 22.2. The van der Waals surface area contributed by atoms with Crippen LogP contribution in [0.25, 0.3) is 15.8 Å². The number of benzene rings is 1. The fourth-order valence-electron chi connectivity index (χ4n) is 4.18. The lowest BCUT2D eigenvalue weighted by Gasteiger charge is -2.17. The van der Waals surface area contributed by atoms with Gasteiger partial charge in [-0.2, -0.15) is 0 Å². The van der Waals surface area contributed by atoms with Crippen LogP contribution in [0.3, 0.4) is 0 Å². The van der Waals surface area contributed by atoms with Crippen LogP contribution in [0.15, 0.2) is 59.3 Å². The Labute approximate surface area is 192 Å². The van der Waals surface area contributed by atoms with E-state index in [-0.39, 0.29) is 0 Å². The van der Waals surface area contributed by atoms with E-state index in [0.29, 0.717) is 5.92 Å². The Hall–Kier alpha value is -2.03. The highest BCUT2D eigenvalue weighted by Crippen LogP contribution is 2.34. The van der Waals surface area contributed by atoms with Crippen LogP contribution in [-0.2, 0) is 0 Å². The van der Waals surface area contributed by atoms with E-state index in [1.165, 1.54) is 52.4 Å². The Morgan fingerprint density at radius 2 is 2.13 bits per heavy atom. The molecular formula is C26H32N3PS. The first-order valence-electron chi connectivity index (χ1n) is 11.3. The largest absolute Gasteiger partial charge is 0.320 e. The Kier molecular flexibility index (Phi) is 7.53. The van der Waals surface area contributed by atoms with Crippen LogP contribution in [0.5, 0.6) is 0 Å². The number of fused-ring (bicyclic) bond motifs is 1. The summed E-state index contributed by atoms with van der Waals surface area (Å²) in [6.45, 7) is 4.44. The maximum atomic E-state index is 4.85. The lowest BCUT2D eigenvalue weighted by atomic mass is 9.96. The Morgan fingerprint density at radius 3 is 2.97 bits per heavy atom. The van der Waals surface area contributed by atoms with Crippen molar-refractivity contribution in [2.24, 2.45) is 10.9 Å². The number of hydrogen-bond acceptors (Lipinski definition) is 4. The van der Waals surface area contributed by atoms with Crippen molar-refractivity contribution in [3.8, 4) is 0 Å². The molecule has 5 heteroatoms. The molecule has 162 valence electrons. The van der Waals surface area contributed by atoms with Crippen molar-refractivity contribution < 1.29 is 0 Å². The van der Waals surface area contributed by atoms with E-state index in [1.54, 1.807) is 11.3 Å². The first-order chi connectivity index (χ1) is 15.2. The van der Waals surface area contributed by atoms with Crippen LogP contribution in [0.2, 0.25) is 0 Å². The van der Waals surface area contributed by atoms with Gasteiger partial charge in [0.15, 0.2) is 5.13 Å². The van der Waals surface area contributed by atoms with E-state index >= 15 is 0 Å². The molecule has 2 aromatic rings. The predicted octanol–water partition coefficient (Wildman–Crippen LogP) is 7.67. The molecule has 0 fully saturated rings. The zero-order chi connectivity index (χ0) is 21.6. The number of aryl methyl sites for hydroxylation is 1. The van der Waals surface area contributed by atoms with Crippen LogP contribution in [-0.4, -0.2) is 17.0 Å². The standard InChI is InChI=1S/C26H32N3PS/c1-3-19-8-6-9-21(11-10-19)22-12-13-23-25(18(22)2)31-26(28-23)29-24-17-20(14-15-27-24)7-4-5-16-30/h6,9-15,20H,3-5,7-8,16-17,30H2,1-2H3,(H,27,28,29). The minimum Gasteiger partial charge on any atom is -0.320 e. The second-order valence-electron chi connectivity index (χ2n) is 8.30. The first-order valence-corrected chi connectivity index (χ1v) is 13.0. The maximum absolute atomic E-state index is 4.85. The highest BCUT2D eigenvalue weighted by atomic mass is 32.1. The van der Waals surface area contributed by atoms with Crippen molar-refractivity contribution in [1.29, 1.82) is 0 Å². The maximum Gasteiger partial charge on any atom is 0.189 e. The molecule has 2 aliphatic rings. The molecule has 0 radical (unpaired) electrons. The van der Waals surface area contributed by atoms with Gasteiger partial charge in [0.1, 0.15) is 5.84 Å². The summed E-state index contributed by atoms with van der Waals surface area (Å²) < 4.78 is 1.25. The lowest BCUT2D eigenvalue weighted by Crippen LogP contribution is -2.18. The predicted molar refractivity (Wildman–Crippen MR) is 141 cm³/mol. The lowest BCUT2D eigenvalue weighted by molar-refractivity contribution is 0.568. The third kappa shape index (κ3) is 5.42. The molecule has 0 spiro atoms. The summed E-state index contributed by atoms with van der Waals surface area (Å²) in [6.07, 6.45) is 21.4. The summed E-state index contributed by atoms with van der Waals surface area (Å²) in [5.41, 5.74) is 6.40. The van der Waals surface area contributed by atoms with Crippen LogP contribution in [0.4, 0.5) is 5.13 Å². The summed E-state index contributed by atoms with van der Waals surface area (Å²) in [7, 11) is 2.82. The van der Waals surface area contributed by atoms with Crippen LogP contribution < -0.4 is 5.32 Å². The molecule has 0 bridgehead atoms. The van der Waals surface area contributed by atoms with Gasteiger partial charge < -0.3 is 5.32 Å². The van der Waals surface area contributed by atoms with Crippen molar-refractivity contribution in [3.63, 3.8) is 0 Å². The number of nitrogens with zero attached hydrogens (tertiary/aromatic N) is 2. The highest BCUT2D eigenvalue weighted by Gasteiger charge is 2.16. The fraction of sp³-hybridized carbons (Fsp3) is 0.385. The monoisotopic (exact) mass is 449 g/mol. The van der Waals surface area contributed by atoms with E-state index < -0.39 is 0 Å². The molecule has 2 heterocycles. The second kappa shape index (κ2) is 10.5. The van der Waals surface area contributed by atoms with E-state index in [9.17, 15) is 0 Å². The van der Waals surface area contributed by atoms with Crippen molar-refractivity contribution in [2.45, 2.75) is 52.4 Å². The Morgan fingerprint density at radius 1 is 1.23 bits per heavy atom. The Bertz CT molecular complexity index is 1090. The van der Waals surface area contributed by atoms with Gasteiger partial charge in [-0.05, 0) is 67.5 Å². The summed E-state index contributed by atoms with van der Waals surface area (Å²) in [5.74, 6) is 1.61. The van der Waals surface area contributed by atoms with Crippen LogP contribution >= 0.6 is 20.6 Å². The molecule has 31 heavy (non-hydrogen) atoms.